The summed E-state index contributed by atoms with van der Waals surface area (Å²) in [5.74, 6) is -0.0317. The Labute approximate surface area is 183 Å². The average Bonchev–Trinajstić information content (AvgIpc) is 2.76. The van der Waals surface area contributed by atoms with E-state index >= 15 is 0 Å². The van der Waals surface area contributed by atoms with Gasteiger partial charge in [0.15, 0.2) is 0 Å². The summed E-state index contributed by atoms with van der Waals surface area (Å²) in [6.45, 7) is 2.44. The van der Waals surface area contributed by atoms with Crippen LogP contribution in [0.2, 0.25) is 0 Å². The lowest BCUT2D eigenvalue weighted by molar-refractivity contribution is -0.137. The molecule has 0 spiro atoms. The Kier molecular flexibility index (Phi) is 7.70. The first-order valence-corrected chi connectivity index (χ1v) is 10.7. The fourth-order valence-corrected chi connectivity index (χ4v) is 3.61. The van der Waals surface area contributed by atoms with Crippen molar-refractivity contribution < 1.29 is 19.1 Å². The van der Waals surface area contributed by atoms with Crippen molar-refractivity contribution in [3.8, 4) is 0 Å². The molecule has 0 heterocycles. The number of carbonyl (C=O) groups is 2. The van der Waals surface area contributed by atoms with Crippen molar-refractivity contribution in [1.82, 2.24) is 0 Å². The minimum atomic E-state index is -0.447. The number of nitrogens with two attached hydrogens (primary N) is 2. The van der Waals surface area contributed by atoms with E-state index < -0.39 is 5.97 Å². The number of hydrogen-bond donors (Lipinski definition) is 2. The molecular formula is C25H30N2O4. The Balaban J connectivity index is 1.44. The predicted molar refractivity (Wildman–Crippen MR) is 122 cm³/mol. The van der Waals surface area contributed by atoms with Gasteiger partial charge in [0.25, 0.3) is 0 Å². The maximum absolute atomic E-state index is 12.3. The summed E-state index contributed by atoms with van der Waals surface area (Å²) in [4.78, 5) is 24.3. The number of anilines is 2. The minimum Gasteiger partial charge on any atom is -0.462 e. The number of ether oxygens (including phenoxy) is 2. The van der Waals surface area contributed by atoms with E-state index in [2.05, 4.69) is 6.92 Å². The first-order valence-electron chi connectivity index (χ1n) is 10.7. The summed E-state index contributed by atoms with van der Waals surface area (Å²) >= 11 is 0. The highest BCUT2D eigenvalue weighted by molar-refractivity contribution is 5.90. The van der Waals surface area contributed by atoms with Crippen molar-refractivity contribution in [1.29, 1.82) is 0 Å². The number of benzene rings is 2. The molecule has 1 saturated carbocycles. The number of rotatable bonds is 7. The van der Waals surface area contributed by atoms with Gasteiger partial charge in [-0.15, -0.1) is 0 Å². The van der Waals surface area contributed by atoms with Gasteiger partial charge in [0.2, 0.25) is 0 Å². The third-order valence-corrected chi connectivity index (χ3v) is 5.58. The van der Waals surface area contributed by atoms with Crippen molar-refractivity contribution in [3.63, 3.8) is 0 Å². The highest BCUT2D eigenvalue weighted by Crippen LogP contribution is 2.26. The fraction of sp³-hybridized carbons (Fsp3) is 0.360. The monoisotopic (exact) mass is 422 g/mol. The molecule has 4 N–H and O–H groups in total. The highest BCUT2D eigenvalue weighted by atomic mass is 16.5. The molecule has 1 aliphatic carbocycles. The van der Waals surface area contributed by atoms with E-state index in [0.29, 0.717) is 29.3 Å². The molecule has 0 aliphatic heterocycles. The number of nitrogen functional groups attached to an aromatic ring is 2. The van der Waals surface area contributed by atoms with E-state index in [1.807, 2.05) is 0 Å². The Hall–Kier alpha value is -3.28. The third-order valence-electron chi connectivity index (χ3n) is 5.58. The first-order chi connectivity index (χ1) is 14.9. The van der Waals surface area contributed by atoms with E-state index in [0.717, 1.165) is 36.8 Å². The standard InChI is InChI=1S/C25H30N2O4/c1-17-2-10-22(11-3-17)31-25(29)19-7-4-18(5-8-19)6-13-24(28)30-15-14-20-16-21(26)9-12-23(20)27/h4-9,12-13,16-17,22H,2-3,10-11,14-15,26-27H2,1H3/b13-6+. The number of esters is 2. The van der Waals surface area contributed by atoms with Crippen LogP contribution in [0.25, 0.3) is 6.08 Å². The zero-order valence-electron chi connectivity index (χ0n) is 17.9. The van der Waals surface area contributed by atoms with Gasteiger partial charge in [-0.25, -0.2) is 9.59 Å². The van der Waals surface area contributed by atoms with E-state index in [1.165, 1.54) is 6.08 Å². The molecule has 0 unspecified atom stereocenters. The third kappa shape index (κ3) is 6.88. The molecule has 2 aromatic rings. The van der Waals surface area contributed by atoms with E-state index in [4.69, 9.17) is 20.9 Å². The molecule has 1 fully saturated rings. The van der Waals surface area contributed by atoms with Gasteiger partial charge < -0.3 is 20.9 Å². The Morgan fingerprint density at radius 3 is 2.45 bits per heavy atom. The molecule has 164 valence electrons. The van der Waals surface area contributed by atoms with Crippen LogP contribution in [0.5, 0.6) is 0 Å². The van der Waals surface area contributed by atoms with Gasteiger partial charge in [0.1, 0.15) is 6.10 Å². The summed E-state index contributed by atoms with van der Waals surface area (Å²) in [6, 6.07) is 12.2. The van der Waals surface area contributed by atoms with Crippen LogP contribution in [0.3, 0.4) is 0 Å². The van der Waals surface area contributed by atoms with Gasteiger partial charge in [0.05, 0.1) is 12.2 Å². The van der Waals surface area contributed by atoms with Gasteiger partial charge in [0, 0.05) is 23.9 Å². The SMILES string of the molecule is CC1CCC(OC(=O)c2ccc(/C=C/C(=O)OCCc3cc(N)ccc3N)cc2)CC1. The Morgan fingerprint density at radius 2 is 1.74 bits per heavy atom. The van der Waals surface area contributed by atoms with Gasteiger partial charge in [-0.3, -0.25) is 0 Å². The fourth-order valence-electron chi connectivity index (χ4n) is 3.61. The van der Waals surface area contributed by atoms with Crippen LogP contribution in [0.1, 0.15) is 54.1 Å². The van der Waals surface area contributed by atoms with Crippen LogP contribution in [0.4, 0.5) is 11.4 Å². The summed E-state index contributed by atoms with van der Waals surface area (Å²) in [5.41, 5.74) is 15.0. The lowest BCUT2D eigenvalue weighted by Gasteiger charge is -2.25. The second-order valence-electron chi connectivity index (χ2n) is 8.12. The van der Waals surface area contributed by atoms with Gasteiger partial charge in [-0.05, 0) is 79.1 Å². The normalized spacial score (nSPS) is 18.6. The van der Waals surface area contributed by atoms with Crippen LogP contribution in [0, 0.1) is 5.92 Å². The minimum absolute atomic E-state index is 0.0146. The maximum atomic E-state index is 12.3. The highest BCUT2D eigenvalue weighted by Gasteiger charge is 2.22. The Morgan fingerprint density at radius 1 is 1.03 bits per heavy atom. The topological polar surface area (TPSA) is 105 Å². The van der Waals surface area contributed by atoms with E-state index in [1.54, 1.807) is 48.5 Å². The molecule has 0 radical (unpaired) electrons. The van der Waals surface area contributed by atoms with Crippen molar-refractivity contribution in [3.05, 3.63) is 65.2 Å². The van der Waals surface area contributed by atoms with Crippen molar-refractivity contribution in [2.45, 2.75) is 45.1 Å². The zero-order valence-corrected chi connectivity index (χ0v) is 17.9. The molecule has 3 rings (SSSR count). The molecule has 0 bridgehead atoms. The molecule has 0 aromatic heterocycles. The largest absolute Gasteiger partial charge is 0.462 e. The summed E-state index contributed by atoms with van der Waals surface area (Å²) in [6.07, 6.45) is 7.58. The Bertz CT molecular complexity index is 929. The van der Waals surface area contributed by atoms with E-state index in [9.17, 15) is 9.59 Å². The molecular weight excluding hydrogens is 392 g/mol. The maximum Gasteiger partial charge on any atom is 0.338 e. The zero-order chi connectivity index (χ0) is 22.2. The van der Waals surface area contributed by atoms with Crippen molar-refractivity contribution in [2.24, 2.45) is 5.92 Å². The molecule has 0 amide bonds. The van der Waals surface area contributed by atoms with Crippen LogP contribution in [0.15, 0.2) is 48.5 Å². The molecule has 0 saturated heterocycles. The van der Waals surface area contributed by atoms with Crippen LogP contribution < -0.4 is 11.5 Å². The molecule has 0 atom stereocenters. The average molecular weight is 423 g/mol. The second kappa shape index (κ2) is 10.7. The van der Waals surface area contributed by atoms with Crippen molar-refractivity contribution in [2.75, 3.05) is 18.1 Å². The lowest BCUT2D eigenvalue weighted by Crippen LogP contribution is -2.23. The van der Waals surface area contributed by atoms with Crippen LogP contribution >= 0.6 is 0 Å². The molecule has 6 heteroatoms. The summed E-state index contributed by atoms with van der Waals surface area (Å²) in [5, 5.41) is 0. The summed E-state index contributed by atoms with van der Waals surface area (Å²) < 4.78 is 10.8. The lowest BCUT2D eigenvalue weighted by atomic mass is 9.89. The predicted octanol–water partition coefficient (Wildman–Crippen LogP) is 4.39. The first kappa shape index (κ1) is 22.4. The quantitative estimate of drug-likeness (QED) is 0.390. The number of carbonyl (C=O) groups excluding carboxylic acids is 2. The van der Waals surface area contributed by atoms with Gasteiger partial charge >= 0.3 is 11.9 Å². The van der Waals surface area contributed by atoms with E-state index in [-0.39, 0.29) is 18.7 Å². The molecule has 6 nitrogen and oxygen atoms in total. The number of hydrogen-bond acceptors (Lipinski definition) is 6. The molecule has 1 aliphatic rings. The van der Waals surface area contributed by atoms with Crippen LogP contribution in [-0.2, 0) is 20.7 Å². The van der Waals surface area contributed by atoms with Crippen LogP contribution in [-0.4, -0.2) is 24.6 Å². The summed E-state index contributed by atoms with van der Waals surface area (Å²) in [7, 11) is 0. The second-order valence-corrected chi connectivity index (χ2v) is 8.12. The van der Waals surface area contributed by atoms with Crippen molar-refractivity contribution >= 4 is 29.4 Å². The van der Waals surface area contributed by atoms with Gasteiger partial charge in [-0.2, -0.15) is 0 Å². The molecule has 2 aromatic carbocycles. The van der Waals surface area contributed by atoms with Gasteiger partial charge in [-0.1, -0.05) is 19.1 Å². The molecule has 31 heavy (non-hydrogen) atoms. The smallest absolute Gasteiger partial charge is 0.338 e.